The van der Waals surface area contributed by atoms with Gasteiger partial charge in [0.25, 0.3) is 0 Å². The first-order valence-corrected chi connectivity index (χ1v) is 11.6. The van der Waals surface area contributed by atoms with Gasteiger partial charge in [-0.1, -0.05) is 51.3 Å². The molecule has 0 radical (unpaired) electrons. The fourth-order valence-electron chi connectivity index (χ4n) is 5.05. The van der Waals surface area contributed by atoms with Gasteiger partial charge in [-0.25, -0.2) is 4.98 Å². The number of benzene rings is 1. The highest BCUT2D eigenvalue weighted by atomic mass is 16.1. The van der Waals surface area contributed by atoms with Crippen molar-refractivity contribution in [3.05, 3.63) is 58.7 Å². The number of carbonyl (C=O) groups excluding carboxylic acids is 1. The summed E-state index contributed by atoms with van der Waals surface area (Å²) >= 11 is 0. The highest BCUT2D eigenvalue weighted by molar-refractivity contribution is 5.95. The molecule has 0 aliphatic heterocycles. The zero-order valence-electron chi connectivity index (χ0n) is 19.0. The van der Waals surface area contributed by atoms with Crippen molar-refractivity contribution in [1.29, 1.82) is 10.5 Å². The third-order valence-electron chi connectivity index (χ3n) is 7.21. The highest BCUT2D eigenvalue weighted by Gasteiger charge is 2.35. The fourth-order valence-corrected chi connectivity index (χ4v) is 5.05. The van der Waals surface area contributed by atoms with Crippen LogP contribution in [0.25, 0.3) is 5.57 Å². The molecule has 0 bridgehead atoms. The van der Waals surface area contributed by atoms with Crippen LogP contribution < -0.4 is 0 Å². The number of carbonyl (C=O) groups is 1. The molecule has 5 nitrogen and oxygen atoms in total. The van der Waals surface area contributed by atoms with Crippen molar-refractivity contribution in [2.45, 2.75) is 77.0 Å². The van der Waals surface area contributed by atoms with Crippen molar-refractivity contribution in [2.24, 2.45) is 5.41 Å². The average molecular weight is 427 g/mol. The van der Waals surface area contributed by atoms with Crippen LogP contribution in [0, 0.1) is 28.1 Å². The van der Waals surface area contributed by atoms with Crippen LogP contribution in [0.2, 0.25) is 0 Å². The molecule has 1 aromatic heterocycles. The van der Waals surface area contributed by atoms with E-state index in [0.717, 1.165) is 61.6 Å². The van der Waals surface area contributed by atoms with Crippen LogP contribution in [-0.2, 0) is 11.8 Å². The second-order valence-corrected chi connectivity index (χ2v) is 10.1. The first kappa shape index (κ1) is 22.0. The summed E-state index contributed by atoms with van der Waals surface area (Å²) in [6.45, 7) is 4.58. The molecule has 1 saturated carbocycles. The van der Waals surface area contributed by atoms with E-state index in [9.17, 15) is 10.1 Å². The molecule has 32 heavy (non-hydrogen) atoms. The molecular weight excluding hydrogens is 396 g/mol. The van der Waals surface area contributed by atoms with Gasteiger partial charge in [0.05, 0.1) is 17.7 Å². The number of hydrogen-bond donors (Lipinski definition) is 1. The number of rotatable bonds is 5. The maximum absolute atomic E-state index is 12.9. The number of aromatic amines is 1. The second kappa shape index (κ2) is 8.75. The van der Waals surface area contributed by atoms with Gasteiger partial charge in [-0.05, 0) is 65.8 Å². The standard InChI is InChI=1S/C27H30N4O/c1-26(2)12-8-19(9-13-26)23-15-21(27(18-29)10-4-3-5-11-27)7-6-20(23)14-24(32)25-30-17-22(16-28)31-25/h6-8,15,17H,3-5,9-14H2,1-2H3,(H,30,31). The summed E-state index contributed by atoms with van der Waals surface area (Å²) in [7, 11) is 0. The molecule has 0 atom stereocenters. The largest absolute Gasteiger partial charge is 0.327 e. The predicted molar refractivity (Wildman–Crippen MR) is 124 cm³/mol. The summed E-state index contributed by atoms with van der Waals surface area (Å²) in [6.07, 6.45) is 12.2. The summed E-state index contributed by atoms with van der Waals surface area (Å²) in [4.78, 5) is 19.8. The molecule has 0 amide bonds. The van der Waals surface area contributed by atoms with E-state index >= 15 is 0 Å². The summed E-state index contributed by atoms with van der Waals surface area (Å²) in [5.41, 5.74) is 4.57. The van der Waals surface area contributed by atoms with Gasteiger partial charge in [-0.3, -0.25) is 4.79 Å². The van der Waals surface area contributed by atoms with E-state index in [2.05, 4.69) is 48.1 Å². The van der Waals surface area contributed by atoms with Crippen molar-refractivity contribution >= 4 is 11.4 Å². The van der Waals surface area contributed by atoms with Crippen molar-refractivity contribution in [2.75, 3.05) is 0 Å². The highest BCUT2D eigenvalue weighted by Crippen LogP contribution is 2.43. The average Bonchev–Trinajstić information content (AvgIpc) is 3.29. The Balaban J connectivity index is 1.72. The van der Waals surface area contributed by atoms with Gasteiger partial charge in [0.15, 0.2) is 5.82 Å². The Morgan fingerprint density at radius 2 is 1.94 bits per heavy atom. The number of Topliss-reactive ketones (excluding diaryl/α,β-unsaturated/α-hetero) is 1. The quantitative estimate of drug-likeness (QED) is 0.591. The third kappa shape index (κ3) is 4.39. The van der Waals surface area contributed by atoms with Crippen LogP contribution in [0.5, 0.6) is 0 Å². The smallest absolute Gasteiger partial charge is 0.202 e. The molecule has 2 aliphatic carbocycles. The monoisotopic (exact) mass is 426 g/mol. The first-order chi connectivity index (χ1) is 15.4. The number of H-pyrrole nitrogens is 1. The molecule has 4 rings (SSSR count). The van der Waals surface area contributed by atoms with E-state index in [1.165, 1.54) is 18.2 Å². The third-order valence-corrected chi connectivity index (χ3v) is 7.21. The van der Waals surface area contributed by atoms with Crippen LogP contribution in [-0.4, -0.2) is 15.8 Å². The van der Waals surface area contributed by atoms with E-state index in [4.69, 9.17) is 5.26 Å². The van der Waals surface area contributed by atoms with Gasteiger partial charge in [0.2, 0.25) is 5.78 Å². The minimum absolute atomic E-state index is 0.134. The zero-order chi connectivity index (χ0) is 22.8. The van der Waals surface area contributed by atoms with Gasteiger partial charge in [-0.2, -0.15) is 10.5 Å². The molecule has 2 aliphatic rings. The molecule has 1 N–H and O–H groups in total. The number of allylic oxidation sites excluding steroid dienone is 2. The minimum Gasteiger partial charge on any atom is -0.327 e. The number of ketones is 1. The summed E-state index contributed by atoms with van der Waals surface area (Å²) in [5, 5.41) is 19.1. The molecule has 1 heterocycles. The Morgan fingerprint density at radius 3 is 2.56 bits per heavy atom. The van der Waals surface area contributed by atoms with Crippen molar-refractivity contribution in [3.63, 3.8) is 0 Å². The summed E-state index contributed by atoms with van der Waals surface area (Å²) < 4.78 is 0. The number of nitriles is 2. The Kier molecular flexibility index (Phi) is 6.02. The topological polar surface area (TPSA) is 93.3 Å². The molecular formula is C27H30N4O. The molecule has 5 heteroatoms. The molecule has 1 aromatic carbocycles. The lowest BCUT2D eigenvalue weighted by Crippen LogP contribution is -2.27. The number of aromatic nitrogens is 2. The maximum atomic E-state index is 12.9. The lowest BCUT2D eigenvalue weighted by molar-refractivity contribution is 0.0984. The SMILES string of the molecule is CC1(C)CC=C(c2cc(C3(C#N)CCCCC3)ccc2CC(=O)c2ncc(C#N)[nH]2)CC1. The Bertz CT molecular complexity index is 1130. The molecule has 1 fully saturated rings. The van der Waals surface area contributed by atoms with Gasteiger partial charge >= 0.3 is 0 Å². The van der Waals surface area contributed by atoms with Crippen LogP contribution in [0.15, 0.2) is 30.5 Å². The van der Waals surface area contributed by atoms with E-state index in [-0.39, 0.29) is 29.1 Å². The van der Waals surface area contributed by atoms with E-state index < -0.39 is 5.41 Å². The molecule has 164 valence electrons. The van der Waals surface area contributed by atoms with E-state index in [1.807, 2.05) is 12.1 Å². The Hall–Kier alpha value is -3.18. The maximum Gasteiger partial charge on any atom is 0.202 e. The lowest BCUT2D eigenvalue weighted by Gasteiger charge is -2.33. The number of nitrogens with one attached hydrogen (secondary N) is 1. The van der Waals surface area contributed by atoms with Gasteiger partial charge in [0.1, 0.15) is 11.8 Å². The summed E-state index contributed by atoms with van der Waals surface area (Å²) in [5.74, 6) is 0.0843. The Morgan fingerprint density at radius 1 is 1.16 bits per heavy atom. The van der Waals surface area contributed by atoms with Gasteiger partial charge < -0.3 is 4.98 Å². The summed E-state index contributed by atoms with van der Waals surface area (Å²) in [6, 6.07) is 10.9. The lowest BCUT2D eigenvalue weighted by atomic mass is 9.69. The van der Waals surface area contributed by atoms with Crippen LogP contribution in [0.1, 0.15) is 98.2 Å². The van der Waals surface area contributed by atoms with Crippen molar-refractivity contribution < 1.29 is 4.79 Å². The van der Waals surface area contributed by atoms with Crippen molar-refractivity contribution in [3.8, 4) is 12.1 Å². The zero-order valence-corrected chi connectivity index (χ0v) is 19.0. The van der Waals surface area contributed by atoms with E-state index in [0.29, 0.717) is 0 Å². The fraction of sp³-hybridized carbons (Fsp3) is 0.481. The van der Waals surface area contributed by atoms with Crippen LogP contribution >= 0.6 is 0 Å². The van der Waals surface area contributed by atoms with E-state index in [1.54, 1.807) is 0 Å². The number of nitrogens with zero attached hydrogens (tertiary/aromatic N) is 3. The van der Waals surface area contributed by atoms with Gasteiger partial charge in [0, 0.05) is 6.42 Å². The normalized spacial score (nSPS) is 19.4. The van der Waals surface area contributed by atoms with Crippen molar-refractivity contribution in [1.82, 2.24) is 9.97 Å². The van der Waals surface area contributed by atoms with Crippen LogP contribution in [0.3, 0.4) is 0 Å². The second-order valence-electron chi connectivity index (χ2n) is 10.1. The number of imidazole rings is 1. The Labute approximate surface area is 190 Å². The molecule has 0 unspecified atom stereocenters. The first-order valence-electron chi connectivity index (χ1n) is 11.6. The van der Waals surface area contributed by atoms with Crippen LogP contribution in [0.4, 0.5) is 0 Å². The van der Waals surface area contributed by atoms with Gasteiger partial charge in [-0.15, -0.1) is 0 Å². The molecule has 0 spiro atoms. The number of hydrogen-bond acceptors (Lipinski definition) is 4. The minimum atomic E-state index is -0.424. The molecule has 0 saturated heterocycles. The molecule has 2 aromatic rings. The predicted octanol–water partition coefficient (Wildman–Crippen LogP) is 6.03.